The zero-order valence-electron chi connectivity index (χ0n) is 14.4. The van der Waals surface area contributed by atoms with Crippen molar-refractivity contribution in [2.45, 2.75) is 11.8 Å². The van der Waals surface area contributed by atoms with E-state index in [9.17, 15) is 13.2 Å². The quantitative estimate of drug-likeness (QED) is 0.617. The van der Waals surface area contributed by atoms with Crippen molar-refractivity contribution in [2.24, 2.45) is 5.10 Å². The van der Waals surface area contributed by atoms with Crippen molar-refractivity contribution in [3.63, 3.8) is 0 Å². The van der Waals surface area contributed by atoms with Gasteiger partial charge in [0.1, 0.15) is 0 Å². The number of nitriles is 1. The molecule has 2 aromatic carbocycles. The minimum absolute atomic E-state index is 0.125. The van der Waals surface area contributed by atoms with Crippen LogP contribution >= 0.6 is 0 Å². The summed E-state index contributed by atoms with van der Waals surface area (Å²) >= 11 is 0. The van der Waals surface area contributed by atoms with Crippen LogP contribution in [0.4, 0.5) is 0 Å². The molecule has 2 rings (SSSR count). The van der Waals surface area contributed by atoms with Crippen LogP contribution in [0.2, 0.25) is 0 Å². The zero-order chi connectivity index (χ0) is 19.2. The molecule has 0 saturated heterocycles. The Morgan fingerprint density at radius 1 is 1.19 bits per heavy atom. The molecule has 0 atom stereocenters. The van der Waals surface area contributed by atoms with E-state index in [0.717, 1.165) is 9.87 Å². The van der Waals surface area contributed by atoms with Gasteiger partial charge in [-0.3, -0.25) is 4.79 Å². The fourth-order valence-electron chi connectivity index (χ4n) is 2.04. The minimum Gasteiger partial charge on any atom is -0.272 e. The first-order valence-electron chi connectivity index (χ1n) is 7.68. The molecule has 0 radical (unpaired) electrons. The van der Waals surface area contributed by atoms with Gasteiger partial charge in [0, 0.05) is 7.05 Å². The molecular formula is C18H18N4O3S. The molecule has 0 aliphatic rings. The Morgan fingerprint density at radius 3 is 2.38 bits per heavy atom. The first-order chi connectivity index (χ1) is 12.3. The van der Waals surface area contributed by atoms with Crippen molar-refractivity contribution in [1.29, 1.82) is 5.26 Å². The Balaban J connectivity index is 1.94. The fraction of sp³-hybridized carbons (Fsp3) is 0.167. The summed E-state index contributed by atoms with van der Waals surface area (Å²) in [7, 11) is -2.41. The van der Waals surface area contributed by atoms with Gasteiger partial charge in [-0.05, 0) is 36.8 Å². The van der Waals surface area contributed by atoms with Crippen LogP contribution in [0.1, 0.15) is 16.7 Å². The number of rotatable bonds is 6. The van der Waals surface area contributed by atoms with Crippen LogP contribution < -0.4 is 5.43 Å². The molecule has 0 aromatic heterocycles. The summed E-state index contributed by atoms with van der Waals surface area (Å²) in [5.74, 6) is -0.562. The number of hydrazone groups is 1. The standard InChI is InChI=1S/C18H18N4O3S/c1-14-3-9-17(10-4-14)26(24,25)22(2)13-18(23)21-20-12-16-7-5-15(11-19)6-8-16/h3-10,12H,13H2,1-2H3,(H,21,23)/b20-12-. The Kier molecular flexibility index (Phi) is 6.22. The van der Waals surface area contributed by atoms with Crippen LogP contribution in [0.25, 0.3) is 0 Å². The largest absolute Gasteiger partial charge is 0.272 e. The highest BCUT2D eigenvalue weighted by molar-refractivity contribution is 7.89. The van der Waals surface area contributed by atoms with Crippen LogP contribution in [-0.4, -0.2) is 38.4 Å². The molecule has 26 heavy (non-hydrogen) atoms. The van der Waals surface area contributed by atoms with Gasteiger partial charge in [-0.2, -0.15) is 14.7 Å². The van der Waals surface area contributed by atoms with Crippen molar-refractivity contribution in [3.8, 4) is 6.07 Å². The van der Waals surface area contributed by atoms with E-state index in [1.54, 1.807) is 36.4 Å². The summed E-state index contributed by atoms with van der Waals surface area (Å²) in [6, 6.07) is 15.0. The molecule has 0 aliphatic heterocycles. The van der Waals surface area contributed by atoms with E-state index in [0.29, 0.717) is 11.1 Å². The molecule has 134 valence electrons. The molecule has 0 bridgehead atoms. The van der Waals surface area contributed by atoms with Crippen LogP contribution in [0, 0.1) is 18.3 Å². The average molecular weight is 370 g/mol. The molecule has 7 nitrogen and oxygen atoms in total. The molecule has 2 aromatic rings. The highest BCUT2D eigenvalue weighted by Crippen LogP contribution is 2.14. The summed E-state index contributed by atoms with van der Waals surface area (Å²) in [5, 5.41) is 12.5. The van der Waals surface area contributed by atoms with Crippen LogP contribution in [0.15, 0.2) is 58.5 Å². The number of benzene rings is 2. The van der Waals surface area contributed by atoms with Crippen LogP contribution in [-0.2, 0) is 14.8 Å². The summed E-state index contributed by atoms with van der Waals surface area (Å²) in [6.07, 6.45) is 1.41. The Labute approximate surface area is 152 Å². The second-order valence-electron chi connectivity index (χ2n) is 5.60. The maximum absolute atomic E-state index is 12.4. The highest BCUT2D eigenvalue weighted by Gasteiger charge is 2.22. The molecular weight excluding hydrogens is 352 g/mol. The van der Waals surface area contributed by atoms with Gasteiger partial charge in [-0.15, -0.1) is 0 Å². The van der Waals surface area contributed by atoms with E-state index in [1.165, 1.54) is 25.4 Å². The number of aryl methyl sites for hydroxylation is 1. The molecule has 0 heterocycles. The number of amides is 1. The number of hydrogen-bond acceptors (Lipinski definition) is 5. The van der Waals surface area contributed by atoms with E-state index in [2.05, 4.69) is 10.5 Å². The lowest BCUT2D eigenvalue weighted by Gasteiger charge is -2.16. The Morgan fingerprint density at radius 2 is 1.81 bits per heavy atom. The first-order valence-corrected chi connectivity index (χ1v) is 9.12. The van der Waals surface area contributed by atoms with Gasteiger partial charge in [0.05, 0.1) is 29.3 Å². The van der Waals surface area contributed by atoms with Gasteiger partial charge in [0.2, 0.25) is 10.0 Å². The average Bonchev–Trinajstić information content (AvgIpc) is 2.62. The van der Waals surface area contributed by atoms with Gasteiger partial charge < -0.3 is 0 Å². The second kappa shape index (κ2) is 8.38. The fourth-order valence-corrected chi connectivity index (χ4v) is 3.16. The maximum Gasteiger partial charge on any atom is 0.255 e. The topological polar surface area (TPSA) is 103 Å². The molecule has 1 amide bonds. The molecule has 0 saturated carbocycles. The molecule has 0 unspecified atom stereocenters. The smallest absolute Gasteiger partial charge is 0.255 e. The van der Waals surface area contributed by atoms with Crippen LogP contribution in [0.3, 0.4) is 0 Å². The van der Waals surface area contributed by atoms with Gasteiger partial charge in [0.25, 0.3) is 5.91 Å². The molecule has 8 heteroatoms. The number of hydrogen-bond donors (Lipinski definition) is 1. The third kappa shape index (κ3) is 4.99. The van der Waals surface area contributed by atoms with Crippen molar-refractivity contribution >= 4 is 22.1 Å². The zero-order valence-corrected chi connectivity index (χ0v) is 15.2. The molecule has 0 aliphatic carbocycles. The third-order valence-corrected chi connectivity index (χ3v) is 5.36. The van der Waals surface area contributed by atoms with Crippen molar-refractivity contribution in [3.05, 3.63) is 65.2 Å². The molecule has 0 fully saturated rings. The lowest BCUT2D eigenvalue weighted by atomic mass is 10.2. The van der Waals surface area contributed by atoms with Crippen molar-refractivity contribution in [2.75, 3.05) is 13.6 Å². The number of carbonyl (C=O) groups excluding carboxylic acids is 1. The summed E-state index contributed by atoms with van der Waals surface area (Å²) in [4.78, 5) is 12.0. The predicted molar refractivity (Wildman–Crippen MR) is 97.9 cm³/mol. The van der Waals surface area contributed by atoms with Gasteiger partial charge >= 0.3 is 0 Å². The van der Waals surface area contributed by atoms with Crippen molar-refractivity contribution in [1.82, 2.24) is 9.73 Å². The highest BCUT2D eigenvalue weighted by atomic mass is 32.2. The predicted octanol–water partition coefficient (Wildman–Crippen LogP) is 1.64. The Bertz CT molecular complexity index is 943. The minimum atomic E-state index is -3.75. The number of likely N-dealkylation sites (N-methyl/N-ethyl adjacent to an activating group) is 1. The third-order valence-electron chi connectivity index (χ3n) is 3.54. The first kappa shape index (κ1) is 19.3. The van der Waals surface area contributed by atoms with E-state index in [1.807, 2.05) is 13.0 Å². The number of nitrogens with zero attached hydrogens (tertiary/aromatic N) is 3. The molecule has 1 N–H and O–H groups in total. The summed E-state index contributed by atoms with van der Waals surface area (Å²) in [6.45, 7) is 1.50. The van der Waals surface area contributed by atoms with E-state index < -0.39 is 15.9 Å². The van der Waals surface area contributed by atoms with E-state index in [-0.39, 0.29) is 11.4 Å². The van der Waals surface area contributed by atoms with Gasteiger partial charge in [0.15, 0.2) is 0 Å². The lowest BCUT2D eigenvalue weighted by molar-refractivity contribution is -0.121. The monoisotopic (exact) mass is 370 g/mol. The summed E-state index contributed by atoms with van der Waals surface area (Å²) < 4.78 is 25.8. The number of nitrogens with one attached hydrogen (secondary N) is 1. The van der Waals surface area contributed by atoms with Gasteiger partial charge in [-0.25, -0.2) is 13.8 Å². The van der Waals surface area contributed by atoms with E-state index in [4.69, 9.17) is 5.26 Å². The number of sulfonamides is 1. The SMILES string of the molecule is Cc1ccc(S(=O)(=O)N(C)CC(=O)N/N=C\c2ccc(C#N)cc2)cc1. The normalized spacial score (nSPS) is 11.5. The van der Waals surface area contributed by atoms with Crippen molar-refractivity contribution < 1.29 is 13.2 Å². The number of carbonyl (C=O) groups is 1. The maximum atomic E-state index is 12.4. The Hall–Kier alpha value is -3.02. The van der Waals surface area contributed by atoms with Gasteiger partial charge in [-0.1, -0.05) is 29.8 Å². The van der Waals surface area contributed by atoms with E-state index >= 15 is 0 Å². The van der Waals surface area contributed by atoms with Crippen LogP contribution in [0.5, 0.6) is 0 Å². The summed E-state index contributed by atoms with van der Waals surface area (Å²) in [5.41, 5.74) is 4.45. The lowest BCUT2D eigenvalue weighted by Crippen LogP contribution is -2.36. The second-order valence-corrected chi connectivity index (χ2v) is 7.65. The molecule has 0 spiro atoms.